The lowest BCUT2D eigenvalue weighted by Crippen LogP contribution is -2.45. The molecule has 3 aromatic heterocycles. The van der Waals surface area contributed by atoms with Gasteiger partial charge in [-0.2, -0.15) is 5.10 Å². The van der Waals surface area contributed by atoms with Crippen LogP contribution >= 0.6 is 34.5 Å². The number of aryl methyl sites for hydroxylation is 1. The van der Waals surface area contributed by atoms with Crippen LogP contribution in [0, 0.1) is 12.7 Å². The van der Waals surface area contributed by atoms with E-state index in [0.717, 1.165) is 20.9 Å². The van der Waals surface area contributed by atoms with Gasteiger partial charge in [-0.05, 0) is 37.3 Å². The summed E-state index contributed by atoms with van der Waals surface area (Å²) < 4.78 is 24.4. The summed E-state index contributed by atoms with van der Waals surface area (Å²) in [5, 5.41) is 34.5. The molecule has 1 fully saturated rings. The third-order valence-corrected chi connectivity index (χ3v) is 8.18. The zero-order valence-electron chi connectivity index (χ0n) is 19.7. The van der Waals surface area contributed by atoms with Crippen molar-refractivity contribution in [3.63, 3.8) is 0 Å². The highest BCUT2D eigenvalue weighted by Gasteiger charge is 2.41. The van der Waals surface area contributed by atoms with Gasteiger partial charge in [-0.1, -0.05) is 28.4 Å². The molecule has 5 aromatic rings. The topological polar surface area (TPSA) is 124 Å². The van der Waals surface area contributed by atoms with E-state index in [1.54, 1.807) is 22.2 Å². The fourth-order valence-electron chi connectivity index (χ4n) is 4.64. The van der Waals surface area contributed by atoms with Crippen molar-refractivity contribution in [3.8, 4) is 16.9 Å². The SMILES string of the molecule is Cc1nc2ccc(-n3ncnc3C3CC(n4cc(-c5cc(F)c(Cl)c(Cl)c5)nn4)C(O)C(CO)O3)cc2s1. The number of aliphatic hydroxyl groups is 2. The Morgan fingerprint density at radius 3 is 2.87 bits per heavy atom. The molecule has 4 unspecified atom stereocenters. The van der Waals surface area contributed by atoms with Crippen molar-refractivity contribution >= 4 is 44.8 Å². The molecular formula is C24H20Cl2FN7O3S. The number of ether oxygens (including phenoxy) is 1. The molecule has 0 amide bonds. The lowest BCUT2D eigenvalue weighted by Gasteiger charge is -2.38. The van der Waals surface area contributed by atoms with Gasteiger partial charge in [-0.3, -0.25) is 0 Å². The summed E-state index contributed by atoms with van der Waals surface area (Å²) in [6.07, 6.45) is 0.638. The van der Waals surface area contributed by atoms with Gasteiger partial charge in [-0.15, -0.1) is 16.4 Å². The second-order valence-electron chi connectivity index (χ2n) is 8.89. The summed E-state index contributed by atoms with van der Waals surface area (Å²) >= 11 is 13.4. The monoisotopic (exact) mass is 575 g/mol. The van der Waals surface area contributed by atoms with Crippen molar-refractivity contribution in [1.29, 1.82) is 0 Å². The minimum atomic E-state index is -1.09. The number of halogens is 3. The second kappa shape index (κ2) is 9.95. The Kier molecular flexibility index (Phi) is 6.62. The maximum atomic E-state index is 14.1. The quantitative estimate of drug-likeness (QED) is 0.297. The molecular weight excluding hydrogens is 556 g/mol. The van der Waals surface area contributed by atoms with Gasteiger partial charge in [0.25, 0.3) is 0 Å². The minimum absolute atomic E-state index is 0.0498. The maximum Gasteiger partial charge on any atom is 0.161 e. The molecule has 2 N–H and O–H groups in total. The molecule has 0 bridgehead atoms. The third-order valence-electron chi connectivity index (χ3n) is 6.47. The standard InChI is InChI=1S/C24H20Cl2FN7O3S/c1-11-30-16-3-2-13(6-21(16)38-11)34-24(28-10-29-34)19-7-18(23(36)20(9-35)37-19)33-8-17(31-32-33)12-4-14(25)22(26)15(27)5-12/h2-6,8,10,18-20,23,35-36H,7,9H2,1H3. The predicted molar refractivity (Wildman–Crippen MR) is 139 cm³/mol. The molecule has 4 heterocycles. The molecule has 10 nitrogen and oxygen atoms in total. The number of hydrogen-bond acceptors (Lipinski definition) is 9. The minimum Gasteiger partial charge on any atom is -0.394 e. The molecule has 6 rings (SSSR count). The van der Waals surface area contributed by atoms with Gasteiger partial charge in [0.05, 0.1) is 49.8 Å². The van der Waals surface area contributed by atoms with Crippen molar-refractivity contribution in [3.05, 3.63) is 69.6 Å². The fourth-order valence-corrected chi connectivity index (χ4v) is 5.82. The van der Waals surface area contributed by atoms with Crippen LogP contribution in [0.5, 0.6) is 0 Å². The van der Waals surface area contributed by atoms with Crippen molar-refractivity contribution in [2.75, 3.05) is 6.61 Å². The van der Waals surface area contributed by atoms with E-state index in [2.05, 4.69) is 25.4 Å². The molecule has 14 heteroatoms. The number of aromatic nitrogens is 7. The molecule has 0 saturated carbocycles. The Morgan fingerprint density at radius 1 is 1.24 bits per heavy atom. The highest BCUT2D eigenvalue weighted by atomic mass is 35.5. The summed E-state index contributed by atoms with van der Waals surface area (Å²) in [7, 11) is 0. The number of hydrogen-bond donors (Lipinski definition) is 2. The van der Waals surface area contributed by atoms with Crippen LogP contribution in [-0.2, 0) is 4.74 Å². The van der Waals surface area contributed by atoms with E-state index >= 15 is 0 Å². The van der Waals surface area contributed by atoms with Crippen LogP contribution in [0.25, 0.3) is 27.2 Å². The molecule has 4 atom stereocenters. The van der Waals surface area contributed by atoms with Gasteiger partial charge >= 0.3 is 0 Å². The van der Waals surface area contributed by atoms with Gasteiger partial charge in [0.2, 0.25) is 0 Å². The van der Waals surface area contributed by atoms with Crippen LogP contribution in [0.3, 0.4) is 0 Å². The average Bonchev–Trinajstić information content (AvgIpc) is 3.65. The predicted octanol–water partition coefficient (Wildman–Crippen LogP) is 4.31. The number of rotatable bonds is 5. The van der Waals surface area contributed by atoms with Gasteiger partial charge in [-0.25, -0.2) is 23.7 Å². The van der Waals surface area contributed by atoms with E-state index in [0.29, 0.717) is 17.1 Å². The number of nitrogens with zero attached hydrogens (tertiary/aromatic N) is 7. The van der Waals surface area contributed by atoms with E-state index in [-0.39, 0.29) is 16.5 Å². The van der Waals surface area contributed by atoms with Gasteiger partial charge < -0.3 is 14.9 Å². The van der Waals surface area contributed by atoms with Gasteiger partial charge in [0, 0.05) is 12.0 Å². The first-order valence-corrected chi connectivity index (χ1v) is 13.2. The second-order valence-corrected chi connectivity index (χ2v) is 10.9. The highest BCUT2D eigenvalue weighted by molar-refractivity contribution is 7.18. The summed E-state index contributed by atoms with van der Waals surface area (Å²) in [5.41, 5.74) is 2.41. The van der Waals surface area contributed by atoms with Crippen LogP contribution < -0.4 is 0 Å². The molecule has 0 aliphatic carbocycles. The molecule has 2 aromatic carbocycles. The Hall–Kier alpha value is -3.00. The Balaban J connectivity index is 1.33. The first kappa shape index (κ1) is 25.3. The smallest absolute Gasteiger partial charge is 0.161 e. The molecule has 1 aliphatic heterocycles. The third kappa shape index (κ3) is 4.46. The molecule has 0 spiro atoms. The Labute approximate surface area is 229 Å². The molecule has 1 aliphatic rings. The maximum absolute atomic E-state index is 14.1. The summed E-state index contributed by atoms with van der Waals surface area (Å²) in [6, 6.07) is 7.89. The first-order chi connectivity index (χ1) is 18.3. The van der Waals surface area contributed by atoms with Crippen LogP contribution in [0.1, 0.15) is 29.4 Å². The van der Waals surface area contributed by atoms with Crippen LogP contribution in [0.15, 0.2) is 42.9 Å². The number of aliphatic hydroxyl groups excluding tert-OH is 2. The van der Waals surface area contributed by atoms with E-state index in [1.165, 1.54) is 23.1 Å². The Morgan fingerprint density at radius 2 is 2.08 bits per heavy atom. The molecule has 1 saturated heterocycles. The number of benzene rings is 2. The molecule has 38 heavy (non-hydrogen) atoms. The molecule has 0 radical (unpaired) electrons. The molecule has 196 valence electrons. The van der Waals surface area contributed by atoms with Crippen LogP contribution in [0.2, 0.25) is 10.0 Å². The van der Waals surface area contributed by atoms with Crippen LogP contribution in [-0.4, -0.2) is 63.8 Å². The van der Waals surface area contributed by atoms with Gasteiger partial charge in [0.1, 0.15) is 36.2 Å². The number of thiazole rings is 1. The average molecular weight is 576 g/mol. The largest absolute Gasteiger partial charge is 0.394 e. The van der Waals surface area contributed by atoms with E-state index < -0.39 is 36.8 Å². The summed E-state index contributed by atoms with van der Waals surface area (Å²) in [5.74, 6) is -0.172. The lowest BCUT2D eigenvalue weighted by molar-refractivity contribution is -0.161. The van der Waals surface area contributed by atoms with E-state index in [9.17, 15) is 14.6 Å². The van der Waals surface area contributed by atoms with Crippen molar-refractivity contribution in [2.24, 2.45) is 0 Å². The van der Waals surface area contributed by atoms with Gasteiger partial charge in [0.15, 0.2) is 5.82 Å². The zero-order chi connectivity index (χ0) is 26.6. The lowest BCUT2D eigenvalue weighted by atomic mass is 9.95. The van der Waals surface area contributed by atoms with Crippen LogP contribution in [0.4, 0.5) is 4.39 Å². The van der Waals surface area contributed by atoms with Crippen molar-refractivity contribution in [1.82, 2.24) is 34.7 Å². The normalized spacial score (nSPS) is 21.8. The summed E-state index contributed by atoms with van der Waals surface area (Å²) in [4.78, 5) is 8.94. The first-order valence-electron chi connectivity index (χ1n) is 11.6. The highest BCUT2D eigenvalue weighted by Crippen LogP contribution is 2.38. The van der Waals surface area contributed by atoms with Crippen molar-refractivity contribution in [2.45, 2.75) is 37.7 Å². The zero-order valence-corrected chi connectivity index (χ0v) is 22.1. The fraction of sp³-hybridized carbons (Fsp3) is 0.292. The van der Waals surface area contributed by atoms with E-state index in [4.69, 9.17) is 27.9 Å². The number of fused-ring (bicyclic) bond motifs is 1. The Bertz CT molecular complexity index is 1620. The van der Waals surface area contributed by atoms with Crippen molar-refractivity contribution < 1.29 is 19.3 Å². The summed E-state index contributed by atoms with van der Waals surface area (Å²) in [6.45, 7) is 1.53. The van der Waals surface area contributed by atoms with E-state index in [1.807, 2.05) is 25.1 Å².